The number of piperidine rings is 1. The lowest BCUT2D eigenvalue weighted by Crippen LogP contribution is -2.47. The number of likely N-dealkylation sites (tertiary alicyclic amines) is 1. The minimum absolute atomic E-state index is 0.0372. The van der Waals surface area contributed by atoms with Crippen LogP contribution >= 0.6 is 23.2 Å². The second kappa shape index (κ2) is 10.8. The number of hydrogen-bond acceptors (Lipinski definition) is 3. The predicted octanol–water partition coefficient (Wildman–Crippen LogP) is 3.03. The first kappa shape index (κ1) is 21.0. The normalized spacial score (nSPS) is 15.7. The van der Waals surface area contributed by atoms with Crippen LogP contribution in [0.1, 0.15) is 38.2 Å². The first-order valence-corrected chi connectivity index (χ1v) is 9.96. The molecule has 5 nitrogen and oxygen atoms in total. The molecule has 0 saturated carbocycles. The van der Waals surface area contributed by atoms with Crippen molar-refractivity contribution in [1.82, 2.24) is 15.5 Å². The molecule has 1 aromatic rings. The average Bonchev–Trinajstić information content (AvgIpc) is 2.61. The molecule has 0 unspecified atom stereocenters. The molecule has 0 bridgehead atoms. The van der Waals surface area contributed by atoms with E-state index in [0.717, 1.165) is 44.5 Å². The zero-order chi connectivity index (χ0) is 18.9. The number of nitrogens with one attached hydrogen (secondary N) is 2. The molecule has 2 N–H and O–H groups in total. The number of aryl methyl sites for hydroxylation is 1. The van der Waals surface area contributed by atoms with Gasteiger partial charge in [0.05, 0.1) is 6.54 Å². The summed E-state index contributed by atoms with van der Waals surface area (Å²) < 4.78 is 0. The molecular formula is C19H27Cl2N3O2. The maximum Gasteiger partial charge on any atom is 0.234 e. The van der Waals surface area contributed by atoms with Gasteiger partial charge >= 0.3 is 0 Å². The molecule has 26 heavy (non-hydrogen) atoms. The van der Waals surface area contributed by atoms with Gasteiger partial charge in [0.1, 0.15) is 0 Å². The van der Waals surface area contributed by atoms with E-state index in [1.165, 1.54) is 0 Å². The van der Waals surface area contributed by atoms with Crippen LogP contribution in [0.3, 0.4) is 0 Å². The van der Waals surface area contributed by atoms with E-state index in [-0.39, 0.29) is 17.9 Å². The Labute approximate surface area is 165 Å². The van der Waals surface area contributed by atoms with Crippen LogP contribution in [0.2, 0.25) is 10.0 Å². The van der Waals surface area contributed by atoms with Crippen LogP contribution in [0.5, 0.6) is 0 Å². The molecule has 1 heterocycles. The van der Waals surface area contributed by atoms with Gasteiger partial charge in [-0.25, -0.2) is 0 Å². The van der Waals surface area contributed by atoms with Crippen molar-refractivity contribution in [3.63, 3.8) is 0 Å². The second-order valence-electron chi connectivity index (χ2n) is 6.70. The predicted molar refractivity (Wildman–Crippen MR) is 106 cm³/mol. The van der Waals surface area contributed by atoms with E-state index in [4.69, 9.17) is 23.2 Å². The van der Waals surface area contributed by atoms with Gasteiger partial charge in [0, 0.05) is 42.1 Å². The SMILES string of the molecule is CCCNC(=O)CN1CCC(NC(=O)CCc2ccc(Cl)cc2Cl)CC1. The maximum absolute atomic E-state index is 12.2. The Balaban J connectivity index is 1.67. The van der Waals surface area contributed by atoms with E-state index in [0.29, 0.717) is 29.4 Å². The second-order valence-corrected chi connectivity index (χ2v) is 7.55. The van der Waals surface area contributed by atoms with Crippen molar-refractivity contribution in [2.75, 3.05) is 26.2 Å². The summed E-state index contributed by atoms with van der Waals surface area (Å²) in [4.78, 5) is 26.1. The molecule has 7 heteroatoms. The van der Waals surface area contributed by atoms with E-state index in [1.54, 1.807) is 12.1 Å². The van der Waals surface area contributed by atoms with Crippen LogP contribution in [-0.2, 0) is 16.0 Å². The molecule has 0 aromatic heterocycles. The van der Waals surface area contributed by atoms with E-state index in [2.05, 4.69) is 15.5 Å². The Kier molecular flexibility index (Phi) is 8.69. The fourth-order valence-electron chi connectivity index (χ4n) is 3.03. The lowest BCUT2D eigenvalue weighted by Gasteiger charge is -2.31. The summed E-state index contributed by atoms with van der Waals surface area (Å²) in [7, 11) is 0. The first-order chi connectivity index (χ1) is 12.5. The first-order valence-electron chi connectivity index (χ1n) is 9.20. The third-order valence-corrected chi connectivity index (χ3v) is 5.12. The third kappa shape index (κ3) is 7.14. The summed E-state index contributed by atoms with van der Waals surface area (Å²) >= 11 is 12.0. The van der Waals surface area contributed by atoms with Crippen molar-refractivity contribution in [2.45, 2.75) is 45.1 Å². The van der Waals surface area contributed by atoms with Crippen LogP contribution in [0.15, 0.2) is 18.2 Å². The van der Waals surface area contributed by atoms with Crippen LogP contribution in [-0.4, -0.2) is 48.9 Å². The number of amides is 2. The van der Waals surface area contributed by atoms with Crippen molar-refractivity contribution in [2.24, 2.45) is 0 Å². The van der Waals surface area contributed by atoms with Gasteiger partial charge in [-0.05, 0) is 43.4 Å². The van der Waals surface area contributed by atoms with Gasteiger partial charge in [0.2, 0.25) is 11.8 Å². The molecule has 0 spiro atoms. The highest BCUT2D eigenvalue weighted by Gasteiger charge is 2.22. The Morgan fingerprint density at radius 1 is 1.19 bits per heavy atom. The van der Waals surface area contributed by atoms with Gasteiger partial charge in [0.15, 0.2) is 0 Å². The van der Waals surface area contributed by atoms with E-state index >= 15 is 0 Å². The van der Waals surface area contributed by atoms with Crippen molar-refractivity contribution < 1.29 is 9.59 Å². The maximum atomic E-state index is 12.2. The number of nitrogens with zero attached hydrogens (tertiary/aromatic N) is 1. The van der Waals surface area contributed by atoms with Gasteiger partial charge in [-0.3, -0.25) is 14.5 Å². The summed E-state index contributed by atoms with van der Waals surface area (Å²) in [6, 6.07) is 5.52. The Morgan fingerprint density at radius 2 is 1.92 bits per heavy atom. The molecule has 2 amide bonds. The summed E-state index contributed by atoms with van der Waals surface area (Å²) in [5.41, 5.74) is 0.930. The smallest absolute Gasteiger partial charge is 0.234 e. The number of hydrogen-bond donors (Lipinski definition) is 2. The molecule has 0 aliphatic carbocycles. The summed E-state index contributed by atoms with van der Waals surface area (Å²) in [5, 5.41) is 7.18. The molecule has 1 aliphatic rings. The molecule has 144 valence electrons. The van der Waals surface area contributed by atoms with E-state index < -0.39 is 0 Å². The zero-order valence-electron chi connectivity index (χ0n) is 15.2. The minimum atomic E-state index is 0.0372. The molecule has 1 aromatic carbocycles. The number of carbonyl (C=O) groups is 2. The highest BCUT2D eigenvalue weighted by atomic mass is 35.5. The summed E-state index contributed by atoms with van der Waals surface area (Å²) in [6.07, 6.45) is 3.68. The Morgan fingerprint density at radius 3 is 2.58 bits per heavy atom. The van der Waals surface area contributed by atoms with Crippen LogP contribution in [0.25, 0.3) is 0 Å². The molecule has 0 atom stereocenters. The molecule has 2 rings (SSSR count). The Hall–Kier alpha value is -1.30. The monoisotopic (exact) mass is 399 g/mol. The molecule has 1 aliphatic heterocycles. The number of carbonyl (C=O) groups excluding carboxylic acids is 2. The molecule has 0 radical (unpaired) electrons. The van der Waals surface area contributed by atoms with Crippen molar-refractivity contribution in [3.8, 4) is 0 Å². The van der Waals surface area contributed by atoms with Crippen molar-refractivity contribution >= 4 is 35.0 Å². The van der Waals surface area contributed by atoms with E-state index in [9.17, 15) is 9.59 Å². The third-order valence-electron chi connectivity index (χ3n) is 4.53. The standard InChI is InChI=1S/C19H27Cl2N3O2/c1-2-9-22-19(26)13-24-10-7-16(8-11-24)23-18(25)6-4-14-3-5-15(20)12-17(14)21/h3,5,12,16H,2,4,6-11,13H2,1H3,(H,22,26)(H,23,25). The fourth-order valence-corrected chi connectivity index (χ4v) is 3.53. The highest BCUT2D eigenvalue weighted by molar-refractivity contribution is 6.35. The van der Waals surface area contributed by atoms with Crippen LogP contribution in [0, 0.1) is 0 Å². The molecule has 1 fully saturated rings. The molecular weight excluding hydrogens is 373 g/mol. The van der Waals surface area contributed by atoms with Crippen molar-refractivity contribution in [3.05, 3.63) is 33.8 Å². The van der Waals surface area contributed by atoms with Gasteiger partial charge < -0.3 is 10.6 Å². The lowest BCUT2D eigenvalue weighted by molar-refractivity contribution is -0.124. The van der Waals surface area contributed by atoms with E-state index in [1.807, 2.05) is 13.0 Å². The fraction of sp³-hybridized carbons (Fsp3) is 0.579. The van der Waals surface area contributed by atoms with Gasteiger partial charge in [0.25, 0.3) is 0 Å². The van der Waals surface area contributed by atoms with Gasteiger partial charge in [-0.15, -0.1) is 0 Å². The minimum Gasteiger partial charge on any atom is -0.355 e. The topological polar surface area (TPSA) is 61.4 Å². The average molecular weight is 400 g/mol. The van der Waals surface area contributed by atoms with Crippen LogP contribution < -0.4 is 10.6 Å². The van der Waals surface area contributed by atoms with Gasteiger partial charge in [-0.2, -0.15) is 0 Å². The van der Waals surface area contributed by atoms with Gasteiger partial charge in [-0.1, -0.05) is 36.2 Å². The van der Waals surface area contributed by atoms with Crippen LogP contribution in [0.4, 0.5) is 0 Å². The van der Waals surface area contributed by atoms with Crippen molar-refractivity contribution in [1.29, 1.82) is 0 Å². The molecule has 1 saturated heterocycles. The Bertz CT molecular complexity index is 617. The number of halogens is 2. The summed E-state index contributed by atoms with van der Waals surface area (Å²) in [6.45, 7) is 4.86. The largest absolute Gasteiger partial charge is 0.355 e. The highest BCUT2D eigenvalue weighted by Crippen LogP contribution is 2.22. The number of benzene rings is 1. The summed E-state index contributed by atoms with van der Waals surface area (Å²) in [5.74, 6) is 0.115. The quantitative estimate of drug-likeness (QED) is 0.705. The zero-order valence-corrected chi connectivity index (χ0v) is 16.7. The lowest BCUT2D eigenvalue weighted by atomic mass is 10.0. The number of rotatable bonds is 8.